The molecule has 4 nitrogen and oxygen atoms in total. The van der Waals surface area contributed by atoms with Gasteiger partial charge in [-0.05, 0) is 36.8 Å². The van der Waals surface area contributed by atoms with Gasteiger partial charge >= 0.3 is 0 Å². The third-order valence-electron chi connectivity index (χ3n) is 4.13. The van der Waals surface area contributed by atoms with Crippen molar-refractivity contribution in [3.05, 3.63) is 17.8 Å². The van der Waals surface area contributed by atoms with Gasteiger partial charge in [-0.1, -0.05) is 13.8 Å². The van der Waals surface area contributed by atoms with Crippen LogP contribution in [0.3, 0.4) is 0 Å². The Morgan fingerprint density at radius 3 is 2.53 bits per heavy atom. The summed E-state index contributed by atoms with van der Waals surface area (Å²) >= 11 is 0. The number of rotatable bonds is 4. The largest absolute Gasteiger partial charge is 0.390 e. The molecule has 0 saturated carbocycles. The van der Waals surface area contributed by atoms with Gasteiger partial charge in [0.15, 0.2) is 5.82 Å². The highest BCUT2D eigenvalue weighted by atomic mass is 16.3. The van der Waals surface area contributed by atoms with Gasteiger partial charge in [0.25, 0.3) is 0 Å². The maximum absolute atomic E-state index is 8.94. The van der Waals surface area contributed by atoms with Crippen molar-refractivity contribution in [2.24, 2.45) is 5.41 Å². The van der Waals surface area contributed by atoms with Crippen LogP contribution in [0.25, 0.3) is 0 Å². The molecule has 1 N–H and O–H groups in total. The van der Waals surface area contributed by atoms with E-state index in [0.29, 0.717) is 11.1 Å². The summed E-state index contributed by atoms with van der Waals surface area (Å²) in [7, 11) is 0. The van der Waals surface area contributed by atoms with Crippen molar-refractivity contribution in [1.82, 2.24) is 10.2 Å². The van der Waals surface area contributed by atoms with Gasteiger partial charge in [0.1, 0.15) is 0 Å². The highest BCUT2D eigenvalue weighted by Crippen LogP contribution is 2.38. The van der Waals surface area contributed by atoms with Gasteiger partial charge in [-0.2, -0.15) is 5.10 Å². The first-order valence-corrected chi connectivity index (χ1v) is 6.41. The molecule has 1 aromatic heterocycles. The number of hydrogen-bond donors (Lipinski definition) is 1. The van der Waals surface area contributed by atoms with Crippen LogP contribution in [-0.4, -0.2) is 28.4 Å². The SMILES string of the molecule is CCC1(CC)CCN(c2ccc(CO)nn2)C1. The lowest BCUT2D eigenvalue weighted by atomic mass is 9.82. The summed E-state index contributed by atoms with van der Waals surface area (Å²) in [5, 5.41) is 17.1. The number of aliphatic hydroxyl groups is 1. The quantitative estimate of drug-likeness (QED) is 0.867. The van der Waals surface area contributed by atoms with E-state index in [1.807, 2.05) is 12.1 Å². The first-order valence-electron chi connectivity index (χ1n) is 6.41. The van der Waals surface area contributed by atoms with E-state index in [1.54, 1.807) is 0 Å². The third-order valence-corrected chi connectivity index (χ3v) is 4.13. The third kappa shape index (κ3) is 2.41. The molecule has 1 aliphatic heterocycles. The Bertz CT molecular complexity index is 359. The number of nitrogens with zero attached hydrogens (tertiary/aromatic N) is 3. The van der Waals surface area contributed by atoms with Crippen molar-refractivity contribution in [3.8, 4) is 0 Å². The fourth-order valence-corrected chi connectivity index (χ4v) is 2.56. The Hall–Kier alpha value is -1.16. The van der Waals surface area contributed by atoms with E-state index in [4.69, 9.17) is 5.11 Å². The average Bonchev–Trinajstić information content (AvgIpc) is 2.84. The van der Waals surface area contributed by atoms with Crippen molar-refractivity contribution in [2.45, 2.75) is 39.7 Å². The fourth-order valence-electron chi connectivity index (χ4n) is 2.56. The summed E-state index contributed by atoms with van der Waals surface area (Å²) in [5.74, 6) is 0.936. The normalized spacial score (nSPS) is 18.6. The summed E-state index contributed by atoms with van der Waals surface area (Å²) in [4.78, 5) is 2.31. The molecular formula is C13H21N3O. The molecule has 17 heavy (non-hydrogen) atoms. The van der Waals surface area contributed by atoms with Crippen LogP contribution >= 0.6 is 0 Å². The zero-order valence-corrected chi connectivity index (χ0v) is 10.7. The van der Waals surface area contributed by atoms with Crippen LogP contribution in [0.4, 0.5) is 5.82 Å². The van der Waals surface area contributed by atoms with Gasteiger partial charge in [0, 0.05) is 13.1 Å². The predicted octanol–water partition coefficient (Wildman–Crippen LogP) is 1.99. The van der Waals surface area contributed by atoms with Gasteiger partial charge in [0.05, 0.1) is 12.3 Å². The van der Waals surface area contributed by atoms with Crippen LogP contribution in [-0.2, 0) is 6.61 Å². The maximum Gasteiger partial charge on any atom is 0.151 e. The van der Waals surface area contributed by atoms with E-state index in [2.05, 4.69) is 28.9 Å². The van der Waals surface area contributed by atoms with E-state index < -0.39 is 0 Å². The molecule has 1 aliphatic rings. The van der Waals surface area contributed by atoms with Crippen molar-refractivity contribution >= 4 is 5.82 Å². The lowest BCUT2D eigenvalue weighted by Crippen LogP contribution is -2.26. The smallest absolute Gasteiger partial charge is 0.151 e. The second kappa shape index (κ2) is 5.00. The molecule has 0 amide bonds. The highest BCUT2D eigenvalue weighted by molar-refractivity contribution is 5.39. The van der Waals surface area contributed by atoms with Crippen LogP contribution in [0.2, 0.25) is 0 Å². The van der Waals surface area contributed by atoms with Crippen molar-refractivity contribution in [2.75, 3.05) is 18.0 Å². The van der Waals surface area contributed by atoms with Crippen LogP contribution < -0.4 is 4.90 Å². The van der Waals surface area contributed by atoms with Gasteiger partial charge in [-0.3, -0.25) is 0 Å². The first kappa shape index (κ1) is 12.3. The summed E-state index contributed by atoms with van der Waals surface area (Å²) in [6.45, 7) is 6.64. The molecule has 1 aromatic rings. The fraction of sp³-hybridized carbons (Fsp3) is 0.692. The van der Waals surface area contributed by atoms with Crippen LogP contribution in [0.5, 0.6) is 0 Å². The minimum Gasteiger partial charge on any atom is -0.390 e. The van der Waals surface area contributed by atoms with E-state index in [9.17, 15) is 0 Å². The Balaban J connectivity index is 2.09. The molecule has 4 heteroatoms. The lowest BCUT2D eigenvalue weighted by molar-refractivity contribution is 0.275. The molecule has 0 unspecified atom stereocenters. The topological polar surface area (TPSA) is 49.2 Å². The molecule has 0 aromatic carbocycles. The second-order valence-corrected chi connectivity index (χ2v) is 4.92. The summed E-state index contributed by atoms with van der Waals surface area (Å²) in [6, 6.07) is 3.81. The summed E-state index contributed by atoms with van der Waals surface area (Å²) < 4.78 is 0. The maximum atomic E-state index is 8.94. The zero-order valence-electron chi connectivity index (χ0n) is 10.7. The van der Waals surface area contributed by atoms with E-state index in [-0.39, 0.29) is 6.61 Å². The number of hydrogen-bond acceptors (Lipinski definition) is 4. The van der Waals surface area contributed by atoms with Gasteiger partial charge in [0.2, 0.25) is 0 Å². The molecule has 0 atom stereocenters. The number of aromatic nitrogens is 2. The standard InChI is InChI=1S/C13H21N3O/c1-3-13(4-2)7-8-16(10-13)12-6-5-11(9-17)14-15-12/h5-6,17H,3-4,7-10H2,1-2H3. The molecule has 2 rings (SSSR count). The minimum atomic E-state index is -0.0405. The summed E-state index contributed by atoms with van der Waals surface area (Å²) in [6.07, 6.45) is 3.69. The van der Waals surface area contributed by atoms with Crippen molar-refractivity contribution in [1.29, 1.82) is 0 Å². The Morgan fingerprint density at radius 1 is 1.29 bits per heavy atom. The monoisotopic (exact) mass is 235 g/mol. The molecule has 1 fully saturated rings. The predicted molar refractivity (Wildman–Crippen MR) is 67.8 cm³/mol. The molecule has 0 bridgehead atoms. The lowest BCUT2D eigenvalue weighted by Gasteiger charge is -2.26. The number of aliphatic hydroxyl groups excluding tert-OH is 1. The molecule has 1 saturated heterocycles. The first-order chi connectivity index (χ1) is 8.23. The second-order valence-electron chi connectivity index (χ2n) is 4.92. The Morgan fingerprint density at radius 2 is 2.06 bits per heavy atom. The van der Waals surface area contributed by atoms with Crippen LogP contribution in [0, 0.1) is 5.41 Å². The van der Waals surface area contributed by atoms with Gasteiger partial charge < -0.3 is 10.0 Å². The molecule has 0 radical (unpaired) electrons. The minimum absolute atomic E-state index is 0.0405. The van der Waals surface area contributed by atoms with E-state index >= 15 is 0 Å². The Kier molecular flexibility index (Phi) is 3.62. The molecule has 0 aliphatic carbocycles. The molecule has 94 valence electrons. The van der Waals surface area contributed by atoms with Gasteiger partial charge in [-0.15, -0.1) is 5.10 Å². The Labute approximate surface area is 103 Å². The average molecular weight is 235 g/mol. The van der Waals surface area contributed by atoms with E-state index in [1.165, 1.54) is 19.3 Å². The molecule has 0 spiro atoms. The van der Waals surface area contributed by atoms with Crippen LogP contribution in [0.1, 0.15) is 38.8 Å². The highest BCUT2D eigenvalue weighted by Gasteiger charge is 2.35. The van der Waals surface area contributed by atoms with Gasteiger partial charge in [-0.25, -0.2) is 0 Å². The van der Waals surface area contributed by atoms with Crippen LogP contribution in [0.15, 0.2) is 12.1 Å². The van der Waals surface area contributed by atoms with E-state index in [0.717, 1.165) is 18.9 Å². The number of anilines is 1. The van der Waals surface area contributed by atoms with Crippen molar-refractivity contribution in [3.63, 3.8) is 0 Å². The molecule has 2 heterocycles. The van der Waals surface area contributed by atoms with Crippen molar-refractivity contribution < 1.29 is 5.11 Å². The summed E-state index contributed by atoms with van der Waals surface area (Å²) in [5.41, 5.74) is 1.09. The molecular weight excluding hydrogens is 214 g/mol. The zero-order chi connectivity index (χ0) is 12.3.